The zero-order chi connectivity index (χ0) is 16.9. The summed E-state index contributed by atoms with van der Waals surface area (Å²) in [6.07, 6.45) is -0.183. The first-order chi connectivity index (χ1) is 10.7. The average Bonchev–Trinajstić information content (AvgIpc) is 2.77. The summed E-state index contributed by atoms with van der Waals surface area (Å²) < 4.78 is 11.1. The van der Waals surface area contributed by atoms with Crippen molar-refractivity contribution in [1.29, 1.82) is 0 Å². The van der Waals surface area contributed by atoms with Gasteiger partial charge in [0, 0.05) is 30.7 Å². The van der Waals surface area contributed by atoms with E-state index in [2.05, 4.69) is 18.3 Å². The minimum atomic E-state index is -0.424. The summed E-state index contributed by atoms with van der Waals surface area (Å²) in [7, 11) is 0. The van der Waals surface area contributed by atoms with Crippen LogP contribution in [0.2, 0.25) is 0 Å². The summed E-state index contributed by atoms with van der Waals surface area (Å²) in [6.45, 7) is 13.5. The molecule has 23 heavy (non-hydrogen) atoms. The zero-order valence-corrected chi connectivity index (χ0v) is 15.0. The zero-order valence-electron chi connectivity index (χ0n) is 15.0. The summed E-state index contributed by atoms with van der Waals surface area (Å²) in [5.74, 6) is 3.05. The van der Waals surface area contributed by atoms with E-state index in [1.165, 1.54) is 5.56 Å². The van der Waals surface area contributed by atoms with E-state index in [-0.39, 0.29) is 12.1 Å². The predicted octanol–water partition coefficient (Wildman–Crippen LogP) is 3.41. The molecule has 3 rings (SSSR count). The molecule has 5 heteroatoms. The van der Waals surface area contributed by atoms with Crippen molar-refractivity contribution in [3.8, 4) is 0 Å². The second-order valence-corrected chi connectivity index (χ2v) is 8.00. The highest BCUT2D eigenvalue weighted by atomic mass is 16.6. The minimum Gasteiger partial charge on any atom is -0.466 e. The first-order valence-electron chi connectivity index (χ1n) is 8.46. The third kappa shape index (κ3) is 3.39. The minimum absolute atomic E-state index is 0.183. The summed E-state index contributed by atoms with van der Waals surface area (Å²) >= 11 is 0. The summed E-state index contributed by atoms with van der Waals surface area (Å²) in [4.78, 5) is 13.9. The number of nitrogens with one attached hydrogen (secondary N) is 1. The molecule has 1 aliphatic heterocycles. The van der Waals surface area contributed by atoms with E-state index >= 15 is 0 Å². The number of ether oxygens (including phenoxy) is 1. The van der Waals surface area contributed by atoms with Crippen molar-refractivity contribution in [3.63, 3.8) is 0 Å². The molecule has 3 atom stereocenters. The molecule has 0 bridgehead atoms. The molecule has 1 N–H and O–H groups in total. The van der Waals surface area contributed by atoms with Gasteiger partial charge in [-0.1, -0.05) is 0 Å². The number of hydrogen-bond acceptors (Lipinski definition) is 4. The van der Waals surface area contributed by atoms with Gasteiger partial charge < -0.3 is 19.4 Å². The van der Waals surface area contributed by atoms with Gasteiger partial charge in [-0.15, -0.1) is 0 Å². The van der Waals surface area contributed by atoms with E-state index in [1.807, 2.05) is 39.5 Å². The van der Waals surface area contributed by atoms with E-state index in [4.69, 9.17) is 9.15 Å². The maximum Gasteiger partial charge on any atom is 0.410 e. The van der Waals surface area contributed by atoms with Gasteiger partial charge in [-0.2, -0.15) is 0 Å². The van der Waals surface area contributed by atoms with Crippen LogP contribution in [0.15, 0.2) is 10.5 Å². The number of piperidine rings is 1. The van der Waals surface area contributed by atoms with Crippen LogP contribution in [0.1, 0.15) is 50.8 Å². The SMILES string of the molecule is Cc1cc(C(C)NC2C3CN(C(=O)OC(C)(C)C)CC32)c(C)o1. The Balaban J connectivity index is 1.51. The van der Waals surface area contributed by atoms with Gasteiger partial charge in [-0.3, -0.25) is 0 Å². The number of nitrogens with zero attached hydrogens (tertiary/aromatic N) is 1. The number of carbonyl (C=O) groups is 1. The molecule has 0 radical (unpaired) electrons. The van der Waals surface area contributed by atoms with E-state index < -0.39 is 5.60 Å². The number of hydrogen-bond donors (Lipinski definition) is 1. The van der Waals surface area contributed by atoms with Crippen LogP contribution in [0.5, 0.6) is 0 Å². The molecule has 128 valence electrons. The van der Waals surface area contributed by atoms with Crippen molar-refractivity contribution >= 4 is 6.09 Å². The lowest BCUT2D eigenvalue weighted by molar-refractivity contribution is 0.0269. The van der Waals surface area contributed by atoms with Crippen molar-refractivity contribution in [2.45, 2.75) is 59.2 Å². The fourth-order valence-electron chi connectivity index (χ4n) is 3.71. The number of amides is 1. The van der Waals surface area contributed by atoms with Crippen molar-refractivity contribution in [2.24, 2.45) is 11.8 Å². The number of fused-ring (bicyclic) bond motifs is 1. The van der Waals surface area contributed by atoms with Gasteiger partial charge >= 0.3 is 6.09 Å². The summed E-state index contributed by atoms with van der Waals surface area (Å²) in [5.41, 5.74) is 0.809. The Kier molecular flexibility index (Phi) is 3.95. The molecule has 1 saturated heterocycles. The van der Waals surface area contributed by atoms with Crippen molar-refractivity contribution in [3.05, 3.63) is 23.2 Å². The molecule has 5 nitrogen and oxygen atoms in total. The number of rotatable bonds is 3. The van der Waals surface area contributed by atoms with Gasteiger partial charge in [0.1, 0.15) is 17.1 Å². The molecule has 2 aliphatic rings. The first kappa shape index (κ1) is 16.4. The predicted molar refractivity (Wildman–Crippen MR) is 88.3 cm³/mol. The normalized spacial score (nSPS) is 27.7. The molecular formula is C18H28N2O3. The fraction of sp³-hybridized carbons (Fsp3) is 0.722. The van der Waals surface area contributed by atoms with Gasteiger partial charge in [0.25, 0.3) is 0 Å². The third-order valence-corrected chi connectivity index (χ3v) is 4.83. The topological polar surface area (TPSA) is 54.7 Å². The summed E-state index contributed by atoms with van der Waals surface area (Å²) in [6, 6.07) is 2.88. The van der Waals surface area contributed by atoms with Crippen molar-refractivity contribution < 1.29 is 13.9 Å². The molecule has 1 saturated carbocycles. The maximum atomic E-state index is 12.1. The molecule has 3 unspecified atom stereocenters. The Morgan fingerprint density at radius 3 is 2.43 bits per heavy atom. The highest BCUT2D eigenvalue weighted by molar-refractivity contribution is 5.69. The second kappa shape index (κ2) is 5.55. The van der Waals surface area contributed by atoms with Crippen LogP contribution in [0, 0.1) is 25.7 Å². The number of carbonyl (C=O) groups excluding carboxylic acids is 1. The Hall–Kier alpha value is -1.49. The Bertz CT molecular complexity index is 590. The highest BCUT2D eigenvalue weighted by Crippen LogP contribution is 2.47. The van der Waals surface area contributed by atoms with E-state index in [1.54, 1.807) is 0 Å². The van der Waals surface area contributed by atoms with E-state index in [0.29, 0.717) is 17.9 Å². The number of likely N-dealkylation sites (tertiary alicyclic amines) is 1. The third-order valence-electron chi connectivity index (χ3n) is 4.83. The van der Waals surface area contributed by atoms with Crippen LogP contribution in [-0.4, -0.2) is 35.7 Å². The Morgan fingerprint density at radius 1 is 1.35 bits per heavy atom. The fourth-order valence-corrected chi connectivity index (χ4v) is 3.71. The average molecular weight is 320 g/mol. The molecule has 0 aromatic carbocycles. The van der Waals surface area contributed by atoms with Gasteiger partial charge in [0.15, 0.2) is 0 Å². The van der Waals surface area contributed by atoms with Gasteiger partial charge in [0.05, 0.1) is 0 Å². The number of aryl methyl sites for hydroxylation is 2. The lowest BCUT2D eigenvalue weighted by Gasteiger charge is -2.26. The van der Waals surface area contributed by atoms with Crippen molar-refractivity contribution in [1.82, 2.24) is 10.2 Å². The lowest BCUT2D eigenvalue weighted by atomic mass is 10.1. The lowest BCUT2D eigenvalue weighted by Crippen LogP contribution is -2.39. The molecular weight excluding hydrogens is 292 g/mol. The maximum absolute atomic E-state index is 12.1. The Morgan fingerprint density at radius 2 is 1.96 bits per heavy atom. The van der Waals surface area contributed by atoms with E-state index in [0.717, 1.165) is 24.6 Å². The molecule has 0 spiro atoms. The van der Waals surface area contributed by atoms with E-state index in [9.17, 15) is 4.79 Å². The molecule has 1 amide bonds. The smallest absolute Gasteiger partial charge is 0.410 e. The van der Waals surface area contributed by atoms with Crippen molar-refractivity contribution in [2.75, 3.05) is 13.1 Å². The van der Waals surface area contributed by atoms with Gasteiger partial charge in [-0.05, 0) is 59.4 Å². The summed E-state index contributed by atoms with van der Waals surface area (Å²) in [5, 5.41) is 3.70. The van der Waals surface area contributed by atoms with Crippen LogP contribution in [0.4, 0.5) is 4.79 Å². The number of furan rings is 1. The van der Waals surface area contributed by atoms with Crippen LogP contribution in [0.25, 0.3) is 0 Å². The van der Waals surface area contributed by atoms with Crippen LogP contribution < -0.4 is 5.32 Å². The first-order valence-corrected chi connectivity index (χ1v) is 8.46. The second-order valence-electron chi connectivity index (χ2n) is 8.00. The molecule has 2 fully saturated rings. The molecule has 2 heterocycles. The van der Waals surface area contributed by atoms with Crippen LogP contribution in [0.3, 0.4) is 0 Å². The van der Waals surface area contributed by atoms with Crippen LogP contribution in [-0.2, 0) is 4.74 Å². The molecule has 1 aromatic rings. The largest absolute Gasteiger partial charge is 0.466 e. The molecule has 1 aliphatic carbocycles. The van der Waals surface area contributed by atoms with Gasteiger partial charge in [-0.25, -0.2) is 4.79 Å². The van der Waals surface area contributed by atoms with Gasteiger partial charge in [0.2, 0.25) is 0 Å². The quantitative estimate of drug-likeness (QED) is 0.927. The highest BCUT2D eigenvalue weighted by Gasteiger charge is 2.57. The monoisotopic (exact) mass is 320 g/mol. The standard InChI is InChI=1S/C18H28N2O3/c1-10-7-13(12(3)22-10)11(2)19-16-14-8-20(9-15(14)16)17(21)23-18(4,5)6/h7,11,14-16,19H,8-9H2,1-6H3. The van der Waals surface area contributed by atoms with Crippen LogP contribution >= 0.6 is 0 Å². The Labute approximate surface area is 138 Å². The molecule has 1 aromatic heterocycles.